The highest BCUT2D eigenvalue weighted by atomic mass is 16.7. The Balaban J connectivity index is 2.11. The lowest BCUT2D eigenvalue weighted by Gasteiger charge is -2.45. The molecule has 8 N–H and O–H groups in total. The molecule has 0 saturated carbocycles. The van der Waals surface area contributed by atoms with E-state index in [1.165, 1.54) is 0 Å². The maximum atomic E-state index is 9.94. The van der Waals surface area contributed by atoms with Crippen LogP contribution in [-0.4, -0.2) is 115 Å². The van der Waals surface area contributed by atoms with Crippen molar-refractivity contribution in [3.05, 3.63) is 0 Å². The highest BCUT2D eigenvalue weighted by Crippen LogP contribution is 2.28. The van der Waals surface area contributed by atoms with Gasteiger partial charge in [0.2, 0.25) is 0 Å². The molecule has 2 heterocycles. The van der Waals surface area contributed by atoms with E-state index in [9.17, 15) is 35.7 Å². The van der Waals surface area contributed by atoms with E-state index in [1.807, 2.05) is 0 Å². The molecule has 2 aliphatic rings. The molecule has 0 aromatic rings. The van der Waals surface area contributed by atoms with Crippen LogP contribution in [0.1, 0.15) is 0 Å². The standard InChI is InChI=1S/C12H22O11/c13-1-3-5(15)6(16)9(19)12(22-3)23-10-4(2-14)21-11(20)8(18)7(10)17/h3-20H,1-2H2/t3-,4+,5-,6+,7+,8-,9+,10-,11+,12-/m1/s1. The monoisotopic (exact) mass is 342 g/mol. The number of hydrogen-bond donors (Lipinski definition) is 8. The minimum absolute atomic E-state index is 0.667. The summed E-state index contributed by atoms with van der Waals surface area (Å²) in [4.78, 5) is 0. The normalized spacial score (nSPS) is 51.7. The third kappa shape index (κ3) is 3.65. The van der Waals surface area contributed by atoms with Gasteiger partial charge in [0.1, 0.15) is 48.8 Å². The van der Waals surface area contributed by atoms with Gasteiger partial charge in [-0.15, -0.1) is 0 Å². The Morgan fingerprint density at radius 1 is 0.652 bits per heavy atom. The molecule has 23 heavy (non-hydrogen) atoms. The molecule has 0 bridgehead atoms. The summed E-state index contributed by atoms with van der Waals surface area (Å²) in [6.07, 6.45) is -15.6. The topological polar surface area (TPSA) is 190 Å². The first-order chi connectivity index (χ1) is 10.8. The lowest BCUT2D eigenvalue weighted by Crippen LogP contribution is -2.64. The van der Waals surface area contributed by atoms with Gasteiger partial charge in [-0.2, -0.15) is 0 Å². The molecule has 0 aliphatic carbocycles. The molecule has 11 heteroatoms. The lowest BCUT2D eigenvalue weighted by molar-refractivity contribution is -0.355. The third-order valence-electron chi connectivity index (χ3n) is 3.98. The maximum Gasteiger partial charge on any atom is 0.187 e. The van der Waals surface area contributed by atoms with Gasteiger partial charge < -0.3 is 55.1 Å². The Morgan fingerprint density at radius 3 is 1.83 bits per heavy atom. The van der Waals surface area contributed by atoms with E-state index in [2.05, 4.69) is 0 Å². The zero-order chi connectivity index (χ0) is 17.3. The summed E-state index contributed by atoms with van der Waals surface area (Å²) in [6, 6.07) is 0. The van der Waals surface area contributed by atoms with Crippen molar-refractivity contribution in [3.63, 3.8) is 0 Å². The predicted molar refractivity (Wildman–Crippen MR) is 68.6 cm³/mol. The molecule has 2 saturated heterocycles. The molecular weight excluding hydrogens is 320 g/mol. The Morgan fingerprint density at radius 2 is 1.26 bits per heavy atom. The van der Waals surface area contributed by atoms with E-state index in [4.69, 9.17) is 19.3 Å². The summed E-state index contributed by atoms with van der Waals surface area (Å²) >= 11 is 0. The molecular formula is C12H22O11. The van der Waals surface area contributed by atoms with Gasteiger partial charge in [0, 0.05) is 0 Å². The van der Waals surface area contributed by atoms with Crippen molar-refractivity contribution in [2.24, 2.45) is 0 Å². The molecule has 0 amide bonds. The smallest absolute Gasteiger partial charge is 0.187 e. The number of aliphatic hydroxyl groups excluding tert-OH is 8. The summed E-state index contributed by atoms with van der Waals surface area (Å²) < 4.78 is 15.3. The fourth-order valence-corrected chi connectivity index (χ4v) is 2.57. The highest BCUT2D eigenvalue weighted by molar-refractivity contribution is 4.93. The fourth-order valence-electron chi connectivity index (χ4n) is 2.57. The second kappa shape index (κ2) is 7.63. The van der Waals surface area contributed by atoms with Crippen molar-refractivity contribution >= 4 is 0 Å². The van der Waals surface area contributed by atoms with Gasteiger partial charge in [-0.05, 0) is 0 Å². The maximum absolute atomic E-state index is 9.94. The van der Waals surface area contributed by atoms with Gasteiger partial charge in [-0.3, -0.25) is 0 Å². The average molecular weight is 342 g/mol. The molecule has 0 radical (unpaired) electrons. The van der Waals surface area contributed by atoms with Crippen molar-refractivity contribution in [2.45, 2.75) is 61.4 Å². The second-order valence-electron chi connectivity index (χ2n) is 5.53. The lowest BCUT2D eigenvalue weighted by atomic mass is 9.97. The molecule has 0 aromatic carbocycles. The zero-order valence-electron chi connectivity index (χ0n) is 12.0. The Labute approximate surface area is 130 Å². The molecule has 0 unspecified atom stereocenters. The molecule has 2 rings (SSSR count). The van der Waals surface area contributed by atoms with Crippen molar-refractivity contribution < 1.29 is 55.1 Å². The first-order valence-electron chi connectivity index (χ1n) is 7.08. The summed E-state index contributed by atoms with van der Waals surface area (Å²) in [5.41, 5.74) is 0. The minimum atomic E-state index is -1.74. The molecule has 2 aliphatic heterocycles. The van der Waals surface area contributed by atoms with Crippen LogP contribution in [0.3, 0.4) is 0 Å². The Hall–Kier alpha value is -0.440. The zero-order valence-corrected chi connectivity index (χ0v) is 12.0. The van der Waals surface area contributed by atoms with Gasteiger partial charge in [0.15, 0.2) is 12.6 Å². The van der Waals surface area contributed by atoms with Crippen LogP contribution in [0.4, 0.5) is 0 Å². The van der Waals surface area contributed by atoms with E-state index in [1.54, 1.807) is 0 Å². The van der Waals surface area contributed by atoms with Gasteiger partial charge in [-0.25, -0.2) is 0 Å². The molecule has 0 spiro atoms. The SMILES string of the molecule is OC[C@@H]1O[C@H](O)[C@H](O)[C@H](O)[C@@H]1O[C@H]1O[C@H](CO)[C@@H](O)[C@H](O)[C@@H]1O. The van der Waals surface area contributed by atoms with E-state index < -0.39 is 74.6 Å². The summed E-state index contributed by atoms with van der Waals surface area (Å²) in [5.74, 6) is 0. The fraction of sp³-hybridized carbons (Fsp3) is 1.00. The summed E-state index contributed by atoms with van der Waals surface area (Å²) in [5, 5.41) is 76.5. The minimum Gasteiger partial charge on any atom is -0.394 e. The van der Waals surface area contributed by atoms with E-state index in [0.29, 0.717) is 0 Å². The van der Waals surface area contributed by atoms with Crippen molar-refractivity contribution in [1.29, 1.82) is 0 Å². The molecule has 11 nitrogen and oxygen atoms in total. The molecule has 10 atom stereocenters. The van der Waals surface area contributed by atoms with Crippen LogP contribution in [0.25, 0.3) is 0 Å². The van der Waals surface area contributed by atoms with Crippen LogP contribution in [0.15, 0.2) is 0 Å². The van der Waals surface area contributed by atoms with Gasteiger partial charge in [0.05, 0.1) is 13.2 Å². The molecule has 0 aromatic heterocycles. The number of aliphatic hydroxyl groups is 8. The quantitative estimate of drug-likeness (QED) is 0.243. The van der Waals surface area contributed by atoms with Crippen LogP contribution in [0.2, 0.25) is 0 Å². The third-order valence-corrected chi connectivity index (χ3v) is 3.98. The highest BCUT2D eigenvalue weighted by Gasteiger charge is 2.50. The van der Waals surface area contributed by atoms with E-state index >= 15 is 0 Å². The molecule has 2 fully saturated rings. The number of ether oxygens (including phenoxy) is 3. The van der Waals surface area contributed by atoms with Crippen LogP contribution in [0.5, 0.6) is 0 Å². The van der Waals surface area contributed by atoms with Crippen molar-refractivity contribution in [1.82, 2.24) is 0 Å². The Kier molecular flexibility index (Phi) is 6.27. The average Bonchev–Trinajstić information content (AvgIpc) is 2.55. The van der Waals surface area contributed by atoms with Crippen LogP contribution < -0.4 is 0 Å². The van der Waals surface area contributed by atoms with Crippen LogP contribution >= 0.6 is 0 Å². The summed E-state index contributed by atoms with van der Waals surface area (Å²) in [6.45, 7) is -1.35. The Bertz CT molecular complexity index is 378. The van der Waals surface area contributed by atoms with Gasteiger partial charge in [-0.1, -0.05) is 0 Å². The summed E-state index contributed by atoms with van der Waals surface area (Å²) in [7, 11) is 0. The van der Waals surface area contributed by atoms with Gasteiger partial charge >= 0.3 is 0 Å². The second-order valence-corrected chi connectivity index (χ2v) is 5.53. The first kappa shape index (κ1) is 18.9. The predicted octanol–water partition coefficient (Wildman–Crippen LogP) is -5.40. The molecule has 136 valence electrons. The number of rotatable bonds is 4. The largest absolute Gasteiger partial charge is 0.394 e. The van der Waals surface area contributed by atoms with E-state index in [-0.39, 0.29) is 0 Å². The van der Waals surface area contributed by atoms with Crippen molar-refractivity contribution in [3.8, 4) is 0 Å². The van der Waals surface area contributed by atoms with Crippen molar-refractivity contribution in [2.75, 3.05) is 13.2 Å². The first-order valence-corrected chi connectivity index (χ1v) is 7.08. The van der Waals surface area contributed by atoms with E-state index in [0.717, 1.165) is 0 Å². The van der Waals surface area contributed by atoms with Gasteiger partial charge in [0.25, 0.3) is 0 Å². The van der Waals surface area contributed by atoms with Crippen LogP contribution in [-0.2, 0) is 14.2 Å². The number of hydrogen-bond acceptors (Lipinski definition) is 11. The van der Waals surface area contributed by atoms with Crippen LogP contribution in [0, 0.1) is 0 Å².